The molecule has 0 amide bonds. The van der Waals surface area contributed by atoms with Gasteiger partial charge in [-0.05, 0) is 12.1 Å². The summed E-state index contributed by atoms with van der Waals surface area (Å²) >= 11 is 0. The molecule has 78 valence electrons. The summed E-state index contributed by atoms with van der Waals surface area (Å²) in [5.41, 5.74) is 5.32. The summed E-state index contributed by atoms with van der Waals surface area (Å²) in [6, 6.07) is 2.96. The molecule has 0 aromatic carbocycles. The van der Waals surface area contributed by atoms with E-state index >= 15 is 0 Å². The molecule has 0 saturated carbocycles. The van der Waals surface area contributed by atoms with Gasteiger partial charge in [-0.25, -0.2) is 14.5 Å². The van der Waals surface area contributed by atoms with Crippen molar-refractivity contribution in [2.75, 3.05) is 5.73 Å². The van der Waals surface area contributed by atoms with Gasteiger partial charge in [0.15, 0.2) is 0 Å². The van der Waals surface area contributed by atoms with E-state index in [1.165, 1.54) is 17.1 Å². The van der Waals surface area contributed by atoms with Gasteiger partial charge in [-0.3, -0.25) is 0 Å². The normalized spacial score (nSPS) is 10.4. The van der Waals surface area contributed by atoms with Crippen LogP contribution in [-0.4, -0.2) is 25.8 Å². The van der Waals surface area contributed by atoms with Crippen LogP contribution in [0.4, 0.5) is 5.95 Å². The number of carboxylic acids is 1. The molecule has 0 aliphatic carbocycles. The summed E-state index contributed by atoms with van der Waals surface area (Å²) in [6.07, 6.45) is 1.44. The quantitative estimate of drug-likeness (QED) is 0.746. The molecule has 0 spiro atoms. The van der Waals surface area contributed by atoms with Crippen LogP contribution in [0.1, 0.15) is 16.3 Å². The van der Waals surface area contributed by atoms with Crippen molar-refractivity contribution in [3.63, 3.8) is 0 Å². The first-order valence-electron chi connectivity index (χ1n) is 4.12. The fraction of sp³-hybridized carbons (Fsp3) is 0.125. The molecular weight excluding hydrogens is 200 g/mol. The largest absolute Gasteiger partial charge is 0.475 e. The maximum atomic E-state index is 10.5. The Hall–Kier alpha value is -2.31. The highest BCUT2D eigenvalue weighted by Crippen LogP contribution is 2.09. The molecule has 0 bridgehead atoms. The molecular formula is C8H8N4O3. The summed E-state index contributed by atoms with van der Waals surface area (Å²) in [7, 11) is 0. The lowest BCUT2D eigenvalue weighted by molar-refractivity contribution is 0.0660. The van der Waals surface area contributed by atoms with Gasteiger partial charge in [0.1, 0.15) is 18.6 Å². The standard InChI is InChI=1S/C8H8N4O3/c9-8-10-4-12(11-8)3-5-1-2-6(15-5)7(13)14/h1-2,4H,3H2,(H2,9,11)(H,13,14). The van der Waals surface area contributed by atoms with Gasteiger partial charge in [-0.2, -0.15) is 0 Å². The zero-order valence-corrected chi connectivity index (χ0v) is 7.62. The molecule has 15 heavy (non-hydrogen) atoms. The summed E-state index contributed by atoms with van der Waals surface area (Å²) in [5, 5.41) is 12.5. The summed E-state index contributed by atoms with van der Waals surface area (Å²) in [4.78, 5) is 14.2. The average molecular weight is 208 g/mol. The van der Waals surface area contributed by atoms with E-state index in [9.17, 15) is 4.79 Å². The molecule has 0 saturated heterocycles. The molecule has 2 aromatic rings. The van der Waals surface area contributed by atoms with Crippen LogP contribution >= 0.6 is 0 Å². The van der Waals surface area contributed by atoms with Crippen LogP contribution < -0.4 is 5.73 Å². The van der Waals surface area contributed by atoms with E-state index in [-0.39, 0.29) is 11.7 Å². The van der Waals surface area contributed by atoms with E-state index in [2.05, 4.69) is 10.1 Å². The Bertz CT molecular complexity index is 488. The Morgan fingerprint density at radius 1 is 1.60 bits per heavy atom. The highest BCUT2D eigenvalue weighted by atomic mass is 16.4. The molecule has 2 aromatic heterocycles. The predicted octanol–water partition coefficient (Wildman–Crippen LogP) is 0.200. The summed E-state index contributed by atoms with van der Waals surface area (Å²) in [6.45, 7) is 0.303. The third kappa shape index (κ3) is 1.96. The van der Waals surface area contributed by atoms with Crippen LogP contribution in [0.15, 0.2) is 22.9 Å². The molecule has 3 N–H and O–H groups in total. The lowest BCUT2D eigenvalue weighted by Crippen LogP contribution is -2.00. The zero-order valence-electron chi connectivity index (χ0n) is 7.62. The Kier molecular flexibility index (Phi) is 2.13. The summed E-state index contributed by atoms with van der Waals surface area (Å²) < 4.78 is 6.49. The molecule has 2 rings (SSSR count). The minimum atomic E-state index is -1.10. The van der Waals surface area contributed by atoms with Crippen LogP contribution in [0, 0.1) is 0 Å². The Morgan fingerprint density at radius 3 is 2.93 bits per heavy atom. The van der Waals surface area contributed by atoms with Crippen LogP contribution in [-0.2, 0) is 6.54 Å². The first-order chi connectivity index (χ1) is 7.15. The van der Waals surface area contributed by atoms with Gasteiger partial charge >= 0.3 is 5.97 Å². The number of nitrogen functional groups attached to an aromatic ring is 1. The third-order valence-electron chi connectivity index (χ3n) is 1.74. The minimum absolute atomic E-state index is 0.0990. The molecule has 0 radical (unpaired) electrons. The first kappa shape index (κ1) is 9.25. The van der Waals surface area contributed by atoms with Crippen LogP contribution in [0.3, 0.4) is 0 Å². The molecule has 0 fully saturated rings. The molecule has 2 heterocycles. The number of aromatic carboxylic acids is 1. The van der Waals surface area contributed by atoms with Gasteiger partial charge < -0.3 is 15.3 Å². The number of carbonyl (C=O) groups is 1. The maximum Gasteiger partial charge on any atom is 0.371 e. The van der Waals surface area contributed by atoms with Gasteiger partial charge in [0.05, 0.1) is 0 Å². The van der Waals surface area contributed by atoms with E-state index < -0.39 is 5.97 Å². The van der Waals surface area contributed by atoms with Crippen LogP contribution in [0.2, 0.25) is 0 Å². The Labute approximate surface area is 84.1 Å². The molecule has 0 unspecified atom stereocenters. The smallest absolute Gasteiger partial charge is 0.371 e. The van der Waals surface area contributed by atoms with Crippen molar-refractivity contribution in [1.29, 1.82) is 0 Å². The average Bonchev–Trinajstić information content (AvgIpc) is 2.76. The number of hydrogen-bond donors (Lipinski definition) is 2. The number of aromatic nitrogens is 3. The maximum absolute atomic E-state index is 10.5. The molecule has 7 nitrogen and oxygen atoms in total. The van der Waals surface area contributed by atoms with E-state index in [4.69, 9.17) is 15.3 Å². The van der Waals surface area contributed by atoms with E-state index in [1.807, 2.05) is 0 Å². The predicted molar refractivity (Wildman–Crippen MR) is 49.2 cm³/mol. The fourth-order valence-corrected chi connectivity index (χ4v) is 1.12. The minimum Gasteiger partial charge on any atom is -0.475 e. The number of furan rings is 1. The van der Waals surface area contributed by atoms with Crippen molar-refractivity contribution in [2.24, 2.45) is 0 Å². The van der Waals surface area contributed by atoms with Crippen molar-refractivity contribution >= 4 is 11.9 Å². The monoisotopic (exact) mass is 208 g/mol. The second-order valence-electron chi connectivity index (χ2n) is 2.87. The van der Waals surface area contributed by atoms with Crippen molar-refractivity contribution in [2.45, 2.75) is 6.54 Å². The van der Waals surface area contributed by atoms with Crippen molar-refractivity contribution in [3.05, 3.63) is 30.0 Å². The highest BCUT2D eigenvalue weighted by molar-refractivity contribution is 5.84. The number of nitrogens with zero attached hydrogens (tertiary/aromatic N) is 3. The lowest BCUT2D eigenvalue weighted by Gasteiger charge is -1.95. The zero-order chi connectivity index (χ0) is 10.8. The van der Waals surface area contributed by atoms with E-state index in [0.717, 1.165) is 0 Å². The Morgan fingerprint density at radius 2 is 2.40 bits per heavy atom. The molecule has 0 aliphatic rings. The molecule has 0 aliphatic heterocycles. The van der Waals surface area contributed by atoms with Crippen molar-refractivity contribution in [1.82, 2.24) is 14.8 Å². The van der Waals surface area contributed by atoms with Gasteiger partial charge in [0.2, 0.25) is 11.7 Å². The molecule has 7 heteroatoms. The third-order valence-corrected chi connectivity index (χ3v) is 1.74. The van der Waals surface area contributed by atoms with Crippen LogP contribution in [0.25, 0.3) is 0 Å². The van der Waals surface area contributed by atoms with Gasteiger partial charge in [0.25, 0.3) is 0 Å². The van der Waals surface area contributed by atoms with E-state index in [0.29, 0.717) is 12.3 Å². The highest BCUT2D eigenvalue weighted by Gasteiger charge is 2.09. The van der Waals surface area contributed by atoms with Crippen LogP contribution in [0.5, 0.6) is 0 Å². The second kappa shape index (κ2) is 3.45. The van der Waals surface area contributed by atoms with Crippen molar-refractivity contribution in [3.8, 4) is 0 Å². The van der Waals surface area contributed by atoms with Crippen molar-refractivity contribution < 1.29 is 14.3 Å². The second-order valence-corrected chi connectivity index (χ2v) is 2.87. The number of carboxylic acid groups (broad SMARTS) is 1. The summed E-state index contributed by atoms with van der Waals surface area (Å²) in [5.74, 6) is -0.547. The number of anilines is 1. The molecule has 0 atom stereocenters. The number of rotatable bonds is 3. The van der Waals surface area contributed by atoms with Gasteiger partial charge in [-0.1, -0.05) is 0 Å². The number of hydrogen-bond acceptors (Lipinski definition) is 5. The number of nitrogens with two attached hydrogens (primary N) is 1. The van der Waals surface area contributed by atoms with Gasteiger partial charge in [-0.15, -0.1) is 5.10 Å². The Balaban J connectivity index is 2.14. The lowest BCUT2D eigenvalue weighted by atomic mass is 10.4. The van der Waals surface area contributed by atoms with E-state index in [1.54, 1.807) is 6.07 Å². The first-order valence-corrected chi connectivity index (χ1v) is 4.12. The fourth-order valence-electron chi connectivity index (χ4n) is 1.12. The SMILES string of the molecule is Nc1ncn(Cc2ccc(C(=O)O)o2)n1. The topological polar surface area (TPSA) is 107 Å². The van der Waals surface area contributed by atoms with Gasteiger partial charge in [0, 0.05) is 0 Å².